The number of amides is 1. The molecule has 1 heterocycles. The van der Waals surface area contributed by atoms with Crippen molar-refractivity contribution in [3.05, 3.63) is 35.5 Å². The fraction of sp³-hybridized carbons (Fsp3) is 0.333. The molecule has 0 aliphatic carbocycles. The molecule has 0 unspecified atom stereocenters. The minimum atomic E-state index is -0.259. The number of thiazole rings is 1. The highest BCUT2D eigenvalue weighted by Crippen LogP contribution is 2.28. The fourth-order valence-corrected chi connectivity index (χ4v) is 3.27. The van der Waals surface area contributed by atoms with Crippen molar-refractivity contribution < 1.29 is 9.18 Å². The van der Waals surface area contributed by atoms with Crippen LogP contribution in [0.25, 0.3) is 11.3 Å². The summed E-state index contributed by atoms with van der Waals surface area (Å²) in [6, 6.07) is 6.44. The normalized spacial score (nSPS) is 12.1. The monoisotopic (exact) mass is 324 g/mol. The number of carbonyl (C=O) groups is 1. The largest absolute Gasteiger partial charge is 0.353 e. The molecule has 1 N–H and O–H groups in total. The molecule has 112 valence electrons. The van der Waals surface area contributed by atoms with Crippen LogP contribution < -0.4 is 5.32 Å². The minimum absolute atomic E-state index is 0.0212. The lowest BCUT2D eigenvalue weighted by atomic mass is 10.2. The van der Waals surface area contributed by atoms with Gasteiger partial charge in [0.2, 0.25) is 5.91 Å². The molecule has 0 spiro atoms. The van der Waals surface area contributed by atoms with Crippen molar-refractivity contribution in [2.24, 2.45) is 0 Å². The Hall–Kier alpha value is -1.40. The summed E-state index contributed by atoms with van der Waals surface area (Å²) in [5, 5.41) is 4.84. The van der Waals surface area contributed by atoms with Gasteiger partial charge in [-0.2, -0.15) is 0 Å². The molecule has 6 heteroatoms. The maximum Gasteiger partial charge on any atom is 0.230 e. The summed E-state index contributed by atoms with van der Waals surface area (Å²) in [6.45, 7) is 4.02. The van der Waals surface area contributed by atoms with E-state index < -0.39 is 0 Å². The van der Waals surface area contributed by atoms with Crippen LogP contribution >= 0.6 is 23.1 Å². The Bertz CT molecular complexity index is 598. The van der Waals surface area contributed by atoms with Crippen LogP contribution in [0.4, 0.5) is 4.39 Å². The van der Waals surface area contributed by atoms with Crippen molar-refractivity contribution in [2.45, 2.75) is 30.6 Å². The van der Waals surface area contributed by atoms with E-state index in [0.29, 0.717) is 5.75 Å². The molecule has 0 fully saturated rings. The van der Waals surface area contributed by atoms with Crippen LogP contribution in [-0.2, 0) is 4.79 Å². The Morgan fingerprint density at radius 3 is 2.81 bits per heavy atom. The third-order valence-electron chi connectivity index (χ3n) is 2.97. The predicted molar refractivity (Wildman–Crippen MR) is 86.1 cm³/mol. The number of benzene rings is 1. The van der Waals surface area contributed by atoms with Crippen molar-refractivity contribution in [1.82, 2.24) is 10.3 Å². The maximum atomic E-state index is 12.9. The Morgan fingerprint density at radius 1 is 1.43 bits per heavy atom. The van der Waals surface area contributed by atoms with E-state index in [4.69, 9.17) is 0 Å². The van der Waals surface area contributed by atoms with Crippen molar-refractivity contribution in [3.63, 3.8) is 0 Å². The fourth-order valence-electron chi connectivity index (χ4n) is 1.62. The number of nitrogens with one attached hydrogen (secondary N) is 1. The third kappa shape index (κ3) is 4.82. The molecule has 0 aliphatic heterocycles. The summed E-state index contributed by atoms with van der Waals surface area (Å²) < 4.78 is 13.7. The highest BCUT2D eigenvalue weighted by atomic mass is 32.2. The highest BCUT2D eigenvalue weighted by molar-refractivity contribution is 8.01. The second kappa shape index (κ2) is 7.56. The molecule has 0 radical (unpaired) electrons. The number of carbonyl (C=O) groups excluding carboxylic acids is 1. The van der Waals surface area contributed by atoms with Crippen LogP contribution in [0, 0.1) is 5.82 Å². The van der Waals surface area contributed by atoms with Crippen molar-refractivity contribution in [1.29, 1.82) is 0 Å². The number of aromatic nitrogens is 1. The number of thioether (sulfide) groups is 1. The van der Waals surface area contributed by atoms with Crippen LogP contribution in [0.15, 0.2) is 34.0 Å². The number of nitrogens with zero attached hydrogens (tertiary/aromatic N) is 1. The number of rotatable bonds is 6. The van der Waals surface area contributed by atoms with Gasteiger partial charge in [-0.3, -0.25) is 4.79 Å². The van der Waals surface area contributed by atoms with E-state index in [1.807, 2.05) is 19.2 Å². The summed E-state index contributed by atoms with van der Waals surface area (Å²) in [5.41, 5.74) is 1.69. The summed E-state index contributed by atoms with van der Waals surface area (Å²) >= 11 is 2.91. The van der Waals surface area contributed by atoms with Gasteiger partial charge in [0.1, 0.15) is 5.82 Å². The molecule has 1 aromatic carbocycles. The van der Waals surface area contributed by atoms with Crippen LogP contribution in [0.1, 0.15) is 20.3 Å². The van der Waals surface area contributed by atoms with Crippen LogP contribution in [0.3, 0.4) is 0 Å². The third-order valence-corrected chi connectivity index (χ3v) is 4.99. The van der Waals surface area contributed by atoms with Gasteiger partial charge >= 0.3 is 0 Å². The van der Waals surface area contributed by atoms with E-state index >= 15 is 0 Å². The molecule has 2 aromatic rings. The Morgan fingerprint density at radius 2 is 2.14 bits per heavy atom. The smallest absolute Gasteiger partial charge is 0.230 e. The Kier molecular flexibility index (Phi) is 5.76. The number of halogens is 1. The van der Waals surface area contributed by atoms with Crippen molar-refractivity contribution in [3.8, 4) is 11.3 Å². The molecule has 1 atom stereocenters. The molecule has 1 aromatic heterocycles. The molecule has 0 bridgehead atoms. The lowest BCUT2D eigenvalue weighted by Crippen LogP contribution is -2.33. The lowest BCUT2D eigenvalue weighted by Gasteiger charge is -2.10. The second-order valence-electron chi connectivity index (χ2n) is 4.67. The van der Waals surface area contributed by atoms with E-state index in [9.17, 15) is 9.18 Å². The first-order chi connectivity index (χ1) is 10.1. The molecular weight excluding hydrogens is 307 g/mol. The maximum absolute atomic E-state index is 12.9. The lowest BCUT2D eigenvalue weighted by molar-refractivity contribution is -0.119. The summed E-state index contributed by atoms with van der Waals surface area (Å²) in [5.74, 6) is 0.124. The predicted octanol–water partition coefficient (Wildman–Crippen LogP) is 3.96. The first-order valence-corrected chi connectivity index (χ1v) is 8.58. The topological polar surface area (TPSA) is 42.0 Å². The van der Waals surface area contributed by atoms with Gasteiger partial charge in [0.15, 0.2) is 4.34 Å². The molecule has 21 heavy (non-hydrogen) atoms. The highest BCUT2D eigenvalue weighted by Gasteiger charge is 2.09. The number of hydrogen-bond acceptors (Lipinski definition) is 4. The van der Waals surface area contributed by atoms with E-state index in [1.165, 1.54) is 35.2 Å². The molecule has 0 saturated heterocycles. The van der Waals surface area contributed by atoms with Gasteiger partial charge in [0, 0.05) is 17.0 Å². The van der Waals surface area contributed by atoms with Gasteiger partial charge in [-0.1, -0.05) is 18.7 Å². The molecular formula is C15H17FN2OS2. The van der Waals surface area contributed by atoms with Gasteiger partial charge in [0.05, 0.1) is 11.4 Å². The van der Waals surface area contributed by atoms with E-state index in [1.54, 1.807) is 12.1 Å². The number of hydrogen-bond donors (Lipinski definition) is 1. The quantitative estimate of drug-likeness (QED) is 0.818. The molecule has 0 aliphatic rings. The van der Waals surface area contributed by atoms with Gasteiger partial charge in [-0.25, -0.2) is 9.37 Å². The Balaban J connectivity index is 1.91. The zero-order valence-electron chi connectivity index (χ0n) is 11.9. The standard InChI is InChI=1S/C15H17FN2OS2/c1-3-10(2)17-14(19)9-21-15-18-13(8-20-15)11-4-6-12(16)7-5-11/h4-8,10H,3,9H2,1-2H3,(H,17,19)/t10-/m1/s1. The molecule has 3 nitrogen and oxygen atoms in total. The molecule has 2 rings (SSSR count). The summed E-state index contributed by atoms with van der Waals surface area (Å²) in [4.78, 5) is 16.2. The van der Waals surface area contributed by atoms with Gasteiger partial charge < -0.3 is 5.32 Å². The van der Waals surface area contributed by atoms with Gasteiger partial charge in [0.25, 0.3) is 0 Å². The van der Waals surface area contributed by atoms with E-state index in [2.05, 4.69) is 10.3 Å². The SMILES string of the molecule is CC[C@@H](C)NC(=O)CSc1nc(-c2ccc(F)cc2)cs1. The first-order valence-electron chi connectivity index (χ1n) is 6.72. The zero-order chi connectivity index (χ0) is 15.2. The van der Waals surface area contributed by atoms with Crippen LogP contribution in [0.2, 0.25) is 0 Å². The summed E-state index contributed by atoms with van der Waals surface area (Å²) in [7, 11) is 0. The summed E-state index contributed by atoms with van der Waals surface area (Å²) in [6.07, 6.45) is 0.919. The Labute approximate surface area is 132 Å². The van der Waals surface area contributed by atoms with E-state index in [0.717, 1.165) is 22.0 Å². The second-order valence-corrected chi connectivity index (χ2v) is 6.75. The van der Waals surface area contributed by atoms with Gasteiger partial charge in [-0.05, 0) is 37.6 Å². The zero-order valence-corrected chi connectivity index (χ0v) is 13.6. The molecule has 1 amide bonds. The van der Waals surface area contributed by atoms with Crippen molar-refractivity contribution >= 4 is 29.0 Å². The van der Waals surface area contributed by atoms with Crippen LogP contribution in [0.5, 0.6) is 0 Å². The average molecular weight is 324 g/mol. The van der Waals surface area contributed by atoms with Crippen molar-refractivity contribution in [2.75, 3.05) is 5.75 Å². The molecule has 0 saturated carbocycles. The van der Waals surface area contributed by atoms with E-state index in [-0.39, 0.29) is 17.8 Å². The average Bonchev–Trinajstić information content (AvgIpc) is 2.94. The first kappa shape index (κ1) is 16.0. The minimum Gasteiger partial charge on any atom is -0.353 e. The van der Waals surface area contributed by atoms with Gasteiger partial charge in [-0.15, -0.1) is 11.3 Å². The van der Waals surface area contributed by atoms with Crippen LogP contribution in [-0.4, -0.2) is 22.7 Å².